The van der Waals surface area contributed by atoms with Crippen LogP contribution in [0.5, 0.6) is 0 Å². The molecule has 0 aromatic heterocycles. The Morgan fingerprint density at radius 1 is 0.870 bits per heavy atom. The maximum Gasteiger partial charge on any atom is 0.238 e. The molecule has 3 nitrogen and oxygen atoms in total. The molecule has 1 heterocycles. The summed E-state index contributed by atoms with van der Waals surface area (Å²) in [5.41, 5.74) is 3.15. The molecular formula is C20H24N2O. The zero-order chi connectivity index (χ0) is 15.9. The number of nitrogens with one attached hydrogen (secondary N) is 1. The fourth-order valence-electron chi connectivity index (χ4n) is 3.11. The number of amides is 1. The van der Waals surface area contributed by atoms with E-state index in [1.54, 1.807) is 0 Å². The molecule has 1 fully saturated rings. The highest BCUT2D eigenvalue weighted by atomic mass is 16.2. The SMILES string of the molecule is O=C(CN1CCCCCC1)Nc1cccc(-c2ccccc2)c1. The Morgan fingerprint density at radius 2 is 1.57 bits per heavy atom. The number of carbonyl (C=O) groups excluding carboxylic acids is 1. The first-order chi connectivity index (χ1) is 11.3. The van der Waals surface area contributed by atoms with Gasteiger partial charge in [0.15, 0.2) is 0 Å². The third-order valence-electron chi connectivity index (χ3n) is 4.32. The first-order valence-electron chi connectivity index (χ1n) is 8.49. The van der Waals surface area contributed by atoms with E-state index in [1.165, 1.54) is 25.7 Å². The summed E-state index contributed by atoms with van der Waals surface area (Å²) in [7, 11) is 0. The highest BCUT2D eigenvalue weighted by Gasteiger charge is 2.13. The predicted octanol–water partition coefficient (Wildman–Crippen LogP) is 4.17. The molecule has 0 aliphatic carbocycles. The second kappa shape index (κ2) is 7.93. The van der Waals surface area contributed by atoms with Gasteiger partial charge in [-0.1, -0.05) is 55.3 Å². The highest BCUT2D eigenvalue weighted by molar-refractivity contribution is 5.93. The fraction of sp³-hybridized carbons (Fsp3) is 0.350. The minimum Gasteiger partial charge on any atom is -0.325 e. The van der Waals surface area contributed by atoms with E-state index in [1.807, 2.05) is 36.4 Å². The molecule has 0 unspecified atom stereocenters. The molecule has 1 aliphatic heterocycles. The molecule has 0 bridgehead atoms. The second-order valence-corrected chi connectivity index (χ2v) is 6.19. The van der Waals surface area contributed by atoms with Gasteiger partial charge in [-0.05, 0) is 49.2 Å². The van der Waals surface area contributed by atoms with Crippen LogP contribution in [0.4, 0.5) is 5.69 Å². The van der Waals surface area contributed by atoms with Gasteiger partial charge >= 0.3 is 0 Å². The van der Waals surface area contributed by atoms with E-state index in [2.05, 4.69) is 28.4 Å². The van der Waals surface area contributed by atoms with Crippen LogP contribution in [0.3, 0.4) is 0 Å². The van der Waals surface area contributed by atoms with Crippen molar-refractivity contribution >= 4 is 11.6 Å². The van der Waals surface area contributed by atoms with Crippen LogP contribution in [0, 0.1) is 0 Å². The molecule has 1 amide bonds. The number of hydrogen-bond acceptors (Lipinski definition) is 2. The molecule has 0 radical (unpaired) electrons. The number of nitrogens with zero attached hydrogens (tertiary/aromatic N) is 1. The van der Waals surface area contributed by atoms with E-state index in [0.29, 0.717) is 6.54 Å². The van der Waals surface area contributed by atoms with Gasteiger partial charge in [0.25, 0.3) is 0 Å². The molecular weight excluding hydrogens is 284 g/mol. The van der Waals surface area contributed by atoms with E-state index in [-0.39, 0.29) is 5.91 Å². The first kappa shape index (κ1) is 15.8. The van der Waals surface area contributed by atoms with Crippen molar-refractivity contribution < 1.29 is 4.79 Å². The number of carbonyl (C=O) groups is 1. The van der Waals surface area contributed by atoms with Crippen LogP contribution in [0.25, 0.3) is 11.1 Å². The topological polar surface area (TPSA) is 32.3 Å². The van der Waals surface area contributed by atoms with Crippen LogP contribution in [-0.2, 0) is 4.79 Å². The monoisotopic (exact) mass is 308 g/mol. The van der Waals surface area contributed by atoms with Gasteiger partial charge in [0.1, 0.15) is 0 Å². The Kier molecular flexibility index (Phi) is 5.43. The van der Waals surface area contributed by atoms with Gasteiger partial charge in [-0.2, -0.15) is 0 Å². The number of rotatable bonds is 4. The molecule has 0 spiro atoms. The van der Waals surface area contributed by atoms with Gasteiger partial charge in [-0.25, -0.2) is 0 Å². The van der Waals surface area contributed by atoms with Gasteiger partial charge in [0, 0.05) is 5.69 Å². The van der Waals surface area contributed by atoms with E-state index in [0.717, 1.165) is 29.9 Å². The van der Waals surface area contributed by atoms with Gasteiger partial charge in [-0.15, -0.1) is 0 Å². The molecule has 23 heavy (non-hydrogen) atoms. The molecule has 0 saturated carbocycles. The predicted molar refractivity (Wildman–Crippen MR) is 95.4 cm³/mol. The molecule has 120 valence electrons. The van der Waals surface area contributed by atoms with Crippen molar-refractivity contribution in [2.75, 3.05) is 25.0 Å². The largest absolute Gasteiger partial charge is 0.325 e. The summed E-state index contributed by atoms with van der Waals surface area (Å²) in [6.07, 6.45) is 4.99. The maximum atomic E-state index is 12.3. The van der Waals surface area contributed by atoms with Gasteiger partial charge in [-0.3, -0.25) is 9.69 Å². The summed E-state index contributed by atoms with van der Waals surface area (Å²) in [6.45, 7) is 2.57. The Morgan fingerprint density at radius 3 is 2.30 bits per heavy atom. The van der Waals surface area contributed by atoms with Crippen LogP contribution in [-0.4, -0.2) is 30.4 Å². The van der Waals surface area contributed by atoms with E-state index >= 15 is 0 Å². The van der Waals surface area contributed by atoms with Crippen molar-refractivity contribution in [3.8, 4) is 11.1 Å². The van der Waals surface area contributed by atoms with E-state index in [9.17, 15) is 4.79 Å². The van der Waals surface area contributed by atoms with Gasteiger partial charge in [0.2, 0.25) is 5.91 Å². The van der Waals surface area contributed by atoms with Crippen molar-refractivity contribution in [2.45, 2.75) is 25.7 Å². The summed E-state index contributed by atoms with van der Waals surface area (Å²) in [5.74, 6) is 0.0807. The van der Waals surface area contributed by atoms with Gasteiger partial charge in [0.05, 0.1) is 6.54 Å². The molecule has 1 aliphatic rings. The van der Waals surface area contributed by atoms with Crippen LogP contribution in [0.2, 0.25) is 0 Å². The zero-order valence-electron chi connectivity index (χ0n) is 13.5. The zero-order valence-corrected chi connectivity index (χ0v) is 13.5. The minimum absolute atomic E-state index is 0.0807. The summed E-state index contributed by atoms with van der Waals surface area (Å²) < 4.78 is 0. The van der Waals surface area contributed by atoms with Crippen molar-refractivity contribution in [1.29, 1.82) is 0 Å². The molecule has 2 aromatic rings. The molecule has 0 atom stereocenters. The molecule has 2 aromatic carbocycles. The van der Waals surface area contributed by atoms with Crippen LogP contribution in [0.15, 0.2) is 54.6 Å². The quantitative estimate of drug-likeness (QED) is 0.919. The van der Waals surface area contributed by atoms with Crippen molar-refractivity contribution in [3.63, 3.8) is 0 Å². The molecule has 3 heteroatoms. The summed E-state index contributed by atoms with van der Waals surface area (Å²) >= 11 is 0. The lowest BCUT2D eigenvalue weighted by Gasteiger charge is -2.19. The van der Waals surface area contributed by atoms with Crippen LogP contribution < -0.4 is 5.32 Å². The standard InChI is InChI=1S/C20H24N2O/c23-20(16-22-13-6-1-2-7-14-22)21-19-12-8-11-18(15-19)17-9-4-3-5-10-17/h3-5,8-12,15H,1-2,6-7,13-14,16H2,(H,21,23). The summed E-state index contributed by atoms with van der Waals surface area (Å²) in [4.78, 5) is 14.6. The Bertz CT molecular complexity index is 631. The number of anilines is 1. The number of likely N-dealkylation sites (tertiary alicyclic amines) is 1. The first-order valence-corrected chi connectivity index (χ1v) is 8.49. The fourth-order valence-corrected chi connectivity index (χ4v) is 3.11. The Hall–Kier alpha value is -2.13. The maximum absolute atomic E-state index is 12.3. The molecule has 1 N–H and O–H groups in total. The van der Waals surface area contributed by atoms with Crippen LogP contribution in [0.1, 0.15) is 25.7 Å². The number of benzene rings is 2. The third-order valence-corrected chi connectivity index (χ3v) is 4.32. The average Bonchev–Trinajstić information content (AvgIpc) is 2.84. The normalized spacial score (nSPS) is 15.8. The summed E-state index contributed by atoms with van der Waals surface area (Å²) in [5, 5.41) is 3.04. The molecule has 3 rings (SSSR count). The average molecular weight is 308 g/mol. The highest BCUT2D eigenvalue weighted by Crippen LogP contribution is 2.22. The van der Waals surface area contributed by atoms with Gasteiger partial charge < -0.3 is 5.32 Å². The lowest BCUT2D eigenvalue weighted by molar-refractivity contribution is -0.117. The minimum atomic E-state index is 0.0807. The smallest absolute Gasteiger partial charge is 0.238 e. The Balaban J connectivity index is 1.62. The van der Waals surface area contributed by atoms with Crippen molar-refractivity contribution in [2.24, 2.45) is 0 Å². The van der Waals surface area contributed by atoms with E-state index < -0.39 is 0 Å². The third kappa shape index (κ3) is 4.67. The van der Waals surface area contributed by atoms with Crippen molar-refractivity contribution in [3.05, 3.63) is 54.6 Å². The molecule has 1 saturated heterocycles. The van der Waals surface area contributed by atoms with Crippen LogP contribution >= 0.6 is 0 Å². The van der Waals surface area contributed by atoms with Crippen molar-refractivity contribution in [1.82, 2.24) is 4.90 Å². The Labute approximate surface area is 138 Å². The number of hydrogen-bond donors (Lipinski definition) is 1. The second-order valence-electron chi connectivity index (χ2n) is 6.19. The lowest BCUT2D eigenvalue weighted by Crippen LogP contribution is -2.33. The lowest BCUT2D eigenvalue weighted by atomic mass is 10.1. The van der Waals surface area contributed by atoms with E-state index in [4.69, 9.17) is 0 Å². The summed E-state index contributed by atoms with van der Waals surface area (Å²) in [6, 6.07) is 18.3.